The van der Waals surface area contributed by atoms with E-state index in [1.165, 1.54) is 6.07 Å². The van der Waals surface area contributed by atoms with Gasteiger partial charge in [0.2, 0.25) is 5.90 Å². The van der Waals surface area contributed by atoms with E-state index < -0.39 is 29.2 Å². The highest BCUT2D eigenvalue weighted by atomic mass is 19.1. The van der Waals surface area contributed by atoms with Crippen LogP contribution in [0, 0.1) is 11.6 Å². The van der Waals surface area contributed by atoms with Crippen LogP contribution in [-0.4, -0.2) is 25.2 Å². The Morgan fingerprint density at radius 2 is 1.72 bits per heavy atom. The van der Waals surface area contributed by atoms with Gasteiger partial charge in [-0.05, 0) is 26.0 Å². The van der Waals surface area contributed by atoms with E-state index in [1.54, 1.807) is 13.8 Å². The second-order valence-electron chi connectivity index (χ2n) is 3.15. The van der Waals surface area contributed by atoms with E-state index in [0.717, 1.165) is 12.1 Å². The fourth-order valence-electron chi connectivity index (χ4n) is 1.24. The first-order valence-corrected chi connectivity index (χ1v) is 5.42. The first-order chi connectivity index (χ1) is 8.60. The van der Waals surface area contributed by atoms with Gasteiger partial charge in [-0.25, -0.2) is 13.6 Å². The van der Waals surface area contributed by atoms with E-state index in [9.17, 15) is 13.6 Å². The largest absolute Gasteiger partial charge is 0.477 e. The summed E-state index contributed by atoms with van der Waals surface area (Å²) in [5.41, 5.74) is -0.479. The van der Waals surface area contributed by atoms with Crippen molar-refractivity contribution in [2.75, 3.05) is 13.2 Å². The van der Waals surface area contributed by atoms with E-state index in [4.69, 9.17) is 4.74 Å². The molecule has 0 bridgehead atoms. The summed E-state index contributed by atoms with van der Waals surface area (Å²) in [5.74, 6) is -2.13. The van der Waals surface area contributed by atoms with E-state index >= 15 is 0 Å². The first kappa shape index (κ1) is 14.1. The van der Waals surface area contributed by atoms with Crippen molar-refractivity contribution in [3.05, 3.63) is 35.4 Å². The van der Waals surface area contributed by atoms with E-state index in [1.807, 2.05) is 0 Å². The lowest BCUT2D eigenvalue weighted by molar-refractivity contribution is 0.162. The summed E-state index contributed by atoms with van der Waals surface area (Å²) < 4.78 is 36.6. The topological polar surface area (TPSA) is 47.9 Å². The molecule has 0 aliphatic carbocycles. The molecule has 0 spiro atoms. The molecule has 0 atom stereocenters. The number of amides is 1. The van der Waals surface area contributed by atoms with Gasteiger partial charge in [0.1, 0.15) is 17.2 Å². The molecule has 0 fully saturated rings. The highest BCUT2D eigenvalue weighted by Gasteiger charge is 2.18. The van der Waals surface area contributed by atoms with Gasteiger partial charge < -0.3 is 9.47 Å². The van der Waals surface area contributed by atoms with Crippen LogP contribution in [0.25, 0.3) is 0 Å². The highest BCUT2D eigenvalue weighted by molar-refractivity contribution is 6.00. The van der Waals surface area contributed by atoms with Crippen molar-refractivity contribution in [3.8, 4) is 0 Å². The predicted molar refractivity (Wildman–Crippen MR) is 61.5 cm³/mol. The number of carbonyl (C=O) groups is 1. The molecule has 1 amide bonds. The molecule has 98 valence electrons. The number of halogens is 2. The third-order valence-electron chi connectivity index (χ3n) is 1.92. The molecule has 0 aliphatic heterocycles. The van der Waals surface area contributed by atoms with E-state index in [-0.39, 0.29) is 13.2 Å². The second-order valence-corrected chi connectivity index (χ2v) is 3.15. The predicted octanol–water partition coefficient (Wildman–Crippen LogP) is 2.90. The molecule has 0 aromatic heterocycles. The molecule has 4 nitrogen and oxygen atoms in total. The molecule has 0 saturated carbocycles. The number of carbonyl (C=O) groups excluding carboxylic acids is 1. The van der Waals surface area contributed by atoms with Crippen molar-refractivity contribution in [1.29, 1.82) is 0 Å². The Morgan fingerprint density at radius 3 is 2.22 bits per heavy atom. The average Bonchev–Trinajstić information content (AvgIpc) is 2.29. The molecule has 1 aromatic rings. The molecule has 1 rings (SSSR count). The lowest BCUT2D eigenvalue weighted by Gasteiger charge is -2.08. The van der Waals surface area contributed by atoms with Crippen molar-refractivity contribution in [1.82, 2.24) is 0 Å². The Bertz CT molecular complexity index is 440. The Kier molecular flexibility index (Phi) is 5.23. The van der Waals surface area contributed by atoms with Gasteiger partial charge in [-0.1, -0.05) is 6.07 Å². The summed E-state index contributed by atoms with van der Waals surface area (Å²) in [6, 6.07) is 3.32. The third-order valence-corrected chi connectivity index (χ3v) is 1.92. The van der Waals surface area contributed by atoms with Gasteiger partial charge in [0.05, 0.1) is 13.2 Å². The monoisotopic (exact) mass is 257 g/mol. The minimum atomic E-state index is -0.955. The molecule has 0 heterocycles. The molecule has 0 aliphatic rings. The minimum Gasteiger partial charge on any atom is -0.477 e. The lowest BCUT2D eigenvalue weighted by Crippen LogP contribution is -2.14. The fourth-order valence-corrected chi connectivity index (χ4v) is 1.24. The van der Waals surface area contributed by atoms with Crippen LogP contribution < -0.4 is 0 Å². The van der Waals surface area contributed by atoms with Crippen molar-refractivity contribution < 1.29 is 23.0 Å². The van der Waals surface area contributed by atoms with Crippen molar-refractivity contribution in [2.45, 2.75) is 13.8 Å². The van der Waals surface area contributed by atoms with Crippen LogP contribution in [0.3, 0.4) is 0 Å². The van der Waals surface area contributed by atoms with Crippen LogP contribution in [0.15, 0.2) is 23.2 Å². The third kappa shape index (κ3) is 3.51. The summed E-state index contributed by atoms with van der Waals surface area (Å²) in [6.07, 6.45) is -0.955. The average molecular weight is 257 g/mol. The second kappa shape index (κ2) is 6.68. The fraction of sp³-hybridized carbons (Fsp3) is 0.333. The van der Waals surface area contributed by atoms with Gasteiger partial charge in [0.15, 0.2) is 0 Å². The van der Waals surface area contributed by atoms with E-state index in [2.05, 4.69) is 9.73 Å². The molecular formula is C12H13F2NO3. The molecular weight excluding hydrogens is 244 g/mol. The van der Waals surface area contributed by atoms with Gasteiger partial charge in [0.25, 0.3) is 0 Å². The quantitative estimate of drug-likeness (QED) is 0.618. The molecule has 0 N–H and O–H groups in total. The number of hydrogen-bond acceptors (Lipinski definition) is 3. The Balaban J connectivity index is 3.16. The maximum Gasteiger partial charge on any atom is 0.436 e. The zero-order valence-electron chi connectivity index (χ0n) is 10.1. The van der Waals surface area contributed by atoms with Gasteiger partial charge in [-0.15, -0.1) is 4.99 Å². The van der Waals surface area contributed by atoms with Gasteiger partial charge in [-0.3, -0.25) is 0 Å². The van der Waals surface area contributed by atoms with Crippen LogP contribution in [0.5, 0.6) is 0 Å². The van der Waals surface area contributed by atoms with Crippen LogP contribution in [0.4, 0.5) is 13.6 Å². The SMILES string of the molecule is CCOC(=O)N=C(OCC)c1c(F)cccc1F. The standard InChI is InChI=1S/C12H13F2NO3/c1-3-17-11(15-12(16)18-4-2)10-8(13)6-5-7-9(10)14/h5-7H,3-4H2,1-2H3. The summed E-state index contributed by atoms with van der Waals surface area (Å²) >= 11 is 0. The number of rotatable bonds is 3. The Labute approximate surface area is 103 Å². The zero-order chi connectivity index (χ0) is 13.5. The molecule has 18 heavy (non-hydrogen) atoms. The maximum atomic E-state index is 13.5. The maximum absolute atomic E-state index is 13.5. The number of aliphatic imine (C=N–C) groups is 1. The highest BCUT2D eigenvalue weighted by Crippen LogP contribution is 2.14. The van der Waals surface area contributed by atoms with Crippen LogP contribution in [-0.2, 0) is 9.47 Å². The van der Waals surface area contributed by atoms with Gasteiger partial charge in [0, 0.05) is 0 Å². The Hall–Kier alpha value is -1.98. The van der Waals surface area contributed by atoms with Gasteiger partial charge in [-0.2, -0.15) is 0 Å². The van der Waals surface area contributed by atoms with Crippen molar-refractivity contribution >= 4 is 12.0 Å². The van der Waals surface area contributed by atoms with Gasteiger partial charge >= 0.3 is 6.09 Å². The minimum absolute atomic E-state index is 0.113. The summed E-state index contributed by atoms with van der Waals surface area (Å²) in [5, 5.41) is 0. The van der Waals surface area contributed by atoms with Crippen LogP contribution >= 0.6 is 0 Å². The summed E-state index contributed by atoms with van der Waals surface area (Å²) in [4.78, 5) is 14.6. The molecule has 0 radical (unpaired) electrons. The first-order valence-electron chi connectivity index (χ1n) is 5.42. The van der Waals surface area contributed by atoms with Crippen molar-refractivity contribution in [2.24, 2.45) is 4.99 Å². The number of hydrogen-bond donors (Lipinski definition) is 0. The number of benzene rings is 1. The van der Waals surface area contributed by atoms with Crippen LogP contribution in [0.1, 0.15) is 19.4 Å². The summed E-state index contributed by atoms with van der Waals surface area (Å²) in [6.45, 7) is 3.43. The molecule has 6 heteroatoms. The molecule has 0 unspecified atom stereocenters. The van der Waals surface area contributed by atoms with Crippen molar-refractivity contribution in [3.63, 3.8) is 0 Å². The summed E-state index contributed by atoms with van der Waals surface area (Å²) in [7, 11) is 0. The number of nitrogens with zero attached hydrogens (tertiary/aromatic N) is 1. The van der Waals surface area contributed by atoms with Crippen LogP contribution in [0.2, 0.25) is 0 Å². The normalized spacial score (nSPS) is 11.2. The van der Waals surface area contributed by atoms with E-state index in [0.29, 0.717) is 0 Å². The zero-order valence-corrected chi connectivity index (χ0v) is 10.1. The smallest absolute Gasteiger partial charge is 0.436 e. The molecule has 0 saturated heterocycles. The number of ether oxygens (including phenoxy) is 2. The Morgan fingerprint density at radius 1 is 1.17 bits per heavy atom. The molecule has 1 aromatic carbocycles. The lowest BCUT2D eigenvalue weighted by atomic mass is 10.2.